The van der Waals surface area contributed by atoms with E-state index in [1.165, 1.54) is 17.8 Å². The molecule has 2 aromatic rings. The third-order valence-corrected chi connectivity index (χ3v) is 3.14. The number of aromatic carboxylic acids is 1. The molecule has 0 radical (unpaired) electrons. The van der Waals surface area contributed by atoms with Crippen LogP contribution in [0, 0.1) is 0 Å². The Morgan fingerprint density at radius 3 is 2.59 bits per heavy atom. The predicted octanol–water partition coefficient (Wildman–Crippen LogP) is 2.98. The SMILES string of the molecule is O=C(O)c1nc(Sc2ccncc2)ccc1Cl. The van der Waals surface area contributed by atoms with Crippen molar-refractivity contribution in [2.45, 2.75) is 9.92 Å². The van der Waals surface area contributed by atoms with Crippen LogP contribution in [0.3, 0.4) is 0 Å². The Morgan fingerprint density at radius 1 is 1.24 bits per heavy atom. The summed E-state index contributed by atoms with van der Waals surface area (Å²) in [7, 11) is 0. The summed E-state index contributed by atoms with van der Waals surface area (Å²) >= 11 is 7.09. The molecule has 6 heteroatoms. The zero-order valence-electron chi connectivity index (χ0n) is 8.50. The summed E-state index contributed by atoms with van der Waals surface area (Å²) in [6.45, 7) is 0. The highest BCUT2D eigenvalue weighted by atomic mass is 35.5. The minimum Gasteiger partial charge on any atom is -0.476 e. The van der Waals surface area contributed by atoms with Gasteiger partial charge < -0.3 is 5.11 Å². The molecule has 0 saturated carbocycles. The average Bonchev–Trinajstić information content (AvgIpc) is 2.32. The van der Waals surface area contributed by atoms with Crippen molar-refractivity contribution in [3.05, 3.63) is 47.4 Å². The lowest BCUT2D eigenvalue weighted by molar-refractivity contribution is 0.0690. The number of rotatable bonds is 3. The Hall–Kier alpha value is -1.59. The van der Waals surface area contributed by atoms with E-state index >= 15 is 0 Å². The van der Waals surface area contributed by atoms with Crippen molar-refractivity contribution >= 4 is 29.3 Å². The van der Waals surface area contributed by atoms with E-state index in [1.54, 1.807) is 18.5 Å². The number of carboxylic acids is 1. The van der Waals surface area contributed by atoms with Crippen molar-refractivity contribution in [3.63, 3.8) is 0 Å². The Morgan fingerprint density at radius 2 is 1.94 bits per heavy atom. The maximum Gasteiger partial charge on any atom is 0.356 e. The van der Waals surface area contributed by atoms with Gasteiger partial charge in [0.1, 0.15) is 5.03 Å². The molecule has 0 aliphatic carbocycles. The number of carbonyl (C=O) groups is 1. The number of aromatic nitrogens is 2. The van der Waals surface area contributed by atoms with Gasteiger partial charge in [0.25, 0.3) is 0 Å². The highest BCUT2D eigenvalue weighted by Crippen LogP contribution is 2.27. The molecular weight excluding hydrogens is 260 g/mol. The van der Waals surface area contributed by atoms with Crippen LogP contribution in [0.25, 0.3) is 0 Å². The fourth-order valence-electron chi connectivity index (χ4n) is 1.16. The topological polar surface area (TPSA) is 63.1 Å². The first kappa shape index (κ1) is 11.9. The van der Waals surface area contributed by atoms with Crippen LogP contribution >= 0.6 is 23.4 Å². The Bertz CT molecular complexity index is 548. The molecule has 2 aromatic heterocycles. The van der Waals surface area contributed by atoms with Crippen LogP contribution < -0.4 is 0 Å². The second kappa shape index (κ2) is 5.16. The summed E-state index contributed by atoms with van der Waals surface area (Å²) < 4.78 is 0. The van der Waals surface area contributed by atoms with E-state index in [0.29, 0.717) is 5.03 Å². The standard InChI is InChI=1S/C11H7ClN2O2S/c12-8-1-2-9(14-10(8)11(15)16)17-7-3-5-13-6-4-7/h1-6H,(H,15,16). The molecule has 2 heterocycles. The van der Waals surface area contributed by atoms with Gasteiger partial charge in [-0.2, -0.15) is 0 Å². The van der Waals surface area contributed by atoms with Crippen molar-refractivity contribution in [3.8, 4) is 0 Å². The van der Waals surface area contributed by atoms with E-state index in [4.69, 9.17) is 16.7 Å². The van der Waals surface area contributed by atoms with Crippen LogP contribution in [0.5, 0.6) is 0 Å². The lowest BCUT2D eigenvalue weighted by atomic mass is 10.3. The summed E-state index contributed by atoms with van der Waals surface area (Å²) in [5, 5.41) is 9.61. The summed E-state index contributed by atoms with van der Waals surface area (Å²) in [6, 6.07) is 6.85. The quantitative estimate of drug-likeness (QED) is 0.925. The molecule has 4 nitrogen and oxygen atoms in total. The van der Waals surface area contributed by atoms with Crippen LogP contribution in [0.2, 0.25) is 5.02 Å². The minimum atomic E-state index is -1.13. The van der Waals surface area contributed by atoms with Gasteiger partial charge in [-0.1, -0.05) is 23.4 Å². The van der Waals surface area contributed by atoms with Crippen LogP contribution in [-0.4, -0.2) is 21.0 Å². The Labute approximate surface area is 107 Å². The molecule has 0 atom stereocenters. The van der Waals surface area contributed by atoms with Crippen molar-refractivity contribution in [1.82, 2.24) is 9.97 Å². The molecule has 0 unspecified atom stereocenters. The molecular formula is C11H7ClN2O2S. The first-order chi connectivity index (χ1) is 8.16. The summed E-state index contributed by atoms with van der Waals surface area (Å²) in [5.41, 5.74) is -0.134. The molecule has 0 aliphatic rings. The molecule has 17 heavy (non-hydrogen) atoms. The first-order valence-corrected chi connectivity index (χ1v) is 5.84. The number of nitrogens with zero attached hydrogens (tertiary/aromatic N) is 2. The van der Waals surface area contributed by atoms with Crippen LogP contribution in [0.1, 0.15) is 10.5 Å². The van der Waals surface area contributed by atoms with Gasteiger partial charge in [0, 0.05) is 17.3 Å². The number of pyridine rings is 2. The van der Waals surface area contributed by atoms with E-state index in [0.717, 1.165) is 4.90 Å². The highest BCUT2D eigenvalue weighted by molar-refractivity contribution is 7.99. The average molecular weight is 267 g/mol. The summed E-state index contributed by atoms with van der Waals surface area (Å²) in [4.78, 5) is 19.7. The normalized spacial score (nSPS) is 10.2. The molecule has 0 amide bonds. The first-order valence-electron chi connectivity index (χ1n) is 4.64. The van der Waals surface area contributed by atoms with Gasteiger partial charge in [0.2, 0.25) is 0 Å². The van der Waals surface area contributed by atoms with Gasteiger partial charge >= 0.3 is 5.97 Å². The number of carboxylic acid groups (broad SMARTS) is 1. The number of halogens is 1. The van der Waals surface area contributed by atoms with Crippen molar-refractivity contribution in [2.24, 2.45) is 0 Å². The van der Waals surface area contributed by atoms with E-state index < -0.39 is 5.97 Å². The Kier molecular flexibility index (Phi) is 3.61. The van der Waals surface area contributed by atoms with Crippen LogP contribution in [0.15, 0.2) is 46.6 Å². The fraction of sp³-hybridized carbons (Fsp3) is 0. The van der Waals surface area contributed by atoms with E-state index in [2.05, 4.69) is 9.97 Å². The Balaban J connectivity index is 2.29. The van der Waals surface area contributed by atoms with Crippen molar-refractivity contribution in [1.29, 1.82) is 0 Å². The minimum absolute atomic E-state index is 0.134. The van der Waals surface area contributed by atoms with Gasteiger partial charge in [-0.3, -0.25) is 4.98 Å². The van der Waals surface area contributed by atoms with Gasteiger partial charge in [-0.05, 0) is 24.3 Å². The second-order valence-electron chi connectivity index (χ2n) is 3.07. The van der Waals surface area contributed by atoms with E-state index in [9.17, 15) is 4.79 Å². The van der Waals surface area contributed by atoms with Crippen LogP contribution in [0.4, 0.5) is 0 Å². The zero-order valence-corrected chi connectivity index (χ0v) is 10.1. The number of hydrogen-bond donors (Lipinski definition) is 1. The maximum absolute atomic E-state index is 10.9. The van der Waals surface area contributed by atoms with E-state index in [-0.39, 0.29) is 10.7 Å². The lowest BCUT2D eigenvalue weighted by Crippen LogP contribution is -2.01. The molecule has 0 aliphatic heterocycles. The number of hydrogen-bond acceptors (Lipinski definition) is 4. The smallest absolute Gasteiger partial charge is 0.356 e. The monoisotopic (exact) mass is 266 g/mol. The molecule has 0 bridgehead atoms. The summed E-state index contributed by atoms with van der Waals surface area (Å²) in [5.74, 6) is -1.13. The highest BCUT2D eigenvalue weighted by Gasteiger charge is 2.11. The molecule has 0 fully saturated rings. The summed E-state index contributed by atoms with van der Waals surface area (Å²) in [6.07, 6.45) is 3.33. The van der Waals surface area contributed by atoms with Gasteiger partial charge in [0.15, 0.2) is 5.69 Å². The van der Waals surface area contributed by atoms with Gasteiger partial charge in [0.05, 0.1) is 5.02 Å². The largest absolute Gasteiger partial charge is 0.476 e. The molecule has 0 saturated heterocycles. The third kappa shape index (κ3) is 2.95. The predicted molar refractivity (Wildman–Crippen MR) is 64.6 cm³/mol. The molecule has 86 valence electrons. The maximum atomic E-state index is 10.9. The second-order valence-corrected chi connectivity index (χ2v) is 4.57. The van der Waals surface area contributed by atoms with Gasteiger partial charge in [-0.15, -0.1) is 0 Å². The molecule has 2 rings (SSSR count). The third-order valence-electron chi connectivity index (χ3n) is 1.90. The molecule has 0 spiro atoms. The molecule has 0 aromatic carbocycles. The zero-order chi connectivity index (χ0) is 12.3. The lowest BCUT2D eigenvalue weighted by Gasteiger charge is -2.03. The molecule has 1 N–H and O–H groups in total. The van der Waals surface area contributed by atoms with Crippen LogP contribution in [-0.2, 0) is 0 Å². The fourth-order valence-corrected chi connectivity index (χ4v) is 2.12. The van der Waals surface area contributed by atoms with Crippen molar-refractivity contribution < 1.29 is 9.90 Å². The van der Waals surface area contributed by atoms with Crippen molar-refractivity contribution in [2.75, 3.05) is 0 Å². The van der Waals surface area contributed by atoms with Gasteiger partial charge in [-0.25, -0.2) is 9.78 Å². The van der Waals surface area contributed by atoms with E-state index in [1.807, 2.05) is 12.1 Å².